The van der Waals surface area contributed by atoms with Gasteiger partial charge in [0.25, 0.3) is 0 Å². The van der Waals surface area contributed by atoms with Crippen LogP contribution in [0.25, 0.3) is 0 Å². The molecule has 0 unspecified atom stereocenters. The van der Waals surface area contributed by atoms with Gasteiger partial charge in [0.15, 0.2) is 0 Å². The Morgan fingerprint density at radius 2 is 0.800 bits per heavy atom. The van der Waals surface area contributed by atoms with E-state index in [1.807, 2.05) is 76.2 Å². The highest BCUT2D eigenvalue weighted by atomic mass is 16.3. The van der Waals surface area contributed by atoms with Crippen LogP contribution in [0.2, 0.25) is 0 Å². The van der Waals surface area contributed by atoms with Crippen molar-refractivity contribution in [3.8, 4) is 23.0 Å². The van der Waals surface area contributed by atoms with Crippen molar-refractivity contribution in [3.63, 3.8) is 0 Å². The first-order chi connectivity index (χ1) is 16.6. The highest BCUT2D eigenvalue weighted by Crippen LogP contribution is 2.34. The maximum atomic E-state index is 11.1. The molecule has 0 aliphatic rings. The lowest BCUT2D eigenvalue weighted by Crippen LogP contribution is -1.99. The van der Waals surface area contributed by atoms with Crippen LogP contribution < -0.4 is 0 Å². The van der Waals surface area contributed by atoms with Crippen molar-refractivity contribution in [2.75, 3.05) is 0 Å². The van der Waals surface area contributed by atoms with Crippen LogP contribution in [0.3, 0.4) is 0 Å². The Labute approximate surface area is 206 Å². The lowest BCUT2D eigenvalue weighted by Gasteiger charge is -2.16. The number of phenolic OH excluding ortho intramolecular Hbond substituents is 4. The van der Waals surface area contributed by atoms with Crippen molar-refractivity contribution in [2.24, 2.45) is 0 Å². The Bertz CT molecular complexity index is 1290. The second-order valence-corrected chi connectivity index (χ2v) is 9.64. The number of phenols is 4. The Morgan fingerprint density at radius 3 is 1.14 bits per heavy atom. The molecule has 0 bridgehead atoms. The quantitative estimate of drug-likeness (QED) is 0.260. The largest absolute Gasteiger partial charge is 0.508 e. The van der Waals surface area contributed by atoms with Crippen LogP contribution in [-0.4, -0.2) is 20.4 Å². The standard InChI is InChI=1S/C31H32O4/c1-18-9-24(15-22-5-7-28(32)20(3)13-22)30(34)26(11-18)17-27-12-19(2)10-25(31(27)35)16-23-6-8-29(33)21(4)14-23/h5-14,32-35H,15-17H2,1-4H3. The predicted molar refractivity (Wildman–Crippen MR) is 140 cm³/mol. The van der Waals surface area contributed by atoms with E-state index in [4.69, 9.17) is 0 Å². The van der Waals surface area contributed by atoms with E-state index >= 15 is 0 Å². The van der Waals surface area contributed by atoms with Crippen LogP contribution in [0.4, 0.5) is 0 Å². The van der Waals surface area contributed by atoms with Gasteiger partial charge in [0.1, 0.15) is 23.0 Å². The summed E-state index contributed by atoms with van der Waals surface area (Å²) >= 11 is 0. The molecule has 4 rings (SSSR count). The predicted octanol–water partition coefficient (Wildman–Crippen LogP) is 6.52. The van der Waals surface area contributed by atoms with Gasteiger partial charge in [-0.15, -0.1) is 0 Å². The molecule has 4 nitrogen and oxygen atoms in total. The van der Waals surface area contributed by atoms with Gasteiger partial charge in [-0.2, -0.15) is 0 Å². The van der Waals surface area contributed by atoms with Crippen molar-refractivity contribution in [1.29, 1.82) is 0 Å². The first-order valence-corrected chi connectivity index (χ1v) is 11.8. The minimum atomic E-state index is 0.234. The summed E-state index contributed by atoms with van der Waals surface area (Å²) in [6, 6.07) is 18.9. The first kappa shape index (κ1) is 24.2. The van der Waals surface area contributed by atoms with E-state index in [-0.39, 0.29) is 23.0 Å². The zero-order chi connectivity index (χ0) is 25.3. The lowest BCUT2D eigenvalue weighted by molar-refractivity contribution is 0.456. The summed E-state index contributed by atoms with van der Waals surface area (Å²) < 4.78 is 0. The fourth-order valence-corrected chi connectivity index (χ4v) is 4.71. The molecule has 35 heavy (non-hydrogen) atoms. The average molecular weight is 469 g/mol. The van der Waals surface area contributed by atoms with Crippen LogP contribution in [0.15, 0.2) is 60.7 Å². The number of aryl methyl sites for hydroxylation is 4. The lowest BCUT2D eigenvalue weighted by atomic mass is 9.92. The summed E-state index contributed by atoms with van der Waals surface area (Å²) in [5.74, 6) is 0.989. The minimum absolute atomic E-state index is 0.234. The third-order valence-electron chi connectivity index (χ3n) is 6.52. The molecule has 0 saturated carbocycles. The van der Waals surface area contributed by atoms with Crippen molar-refractivity contribution in [3.05, 3.63) is 116 Å². The Hall–Kier alpha value is -3.92. The maximum Gasteiger partial charge on any atom is 0.122 e. The molecule has 0 aromatic heterocycles. The number of aromatic hydroxyl groups is 4. The van der Waals surface area contributed by atoms with Crippen LogP contribution in [0.1, 0.15) is 55.6 Å². The molecule has 0 aliphatic heterocycles. The topological polar surface area (TPSA) is 80.9 Å². The second kappa shape index (κ2) is 9.75. The van der Waals surface area contributed by atoms with Crippen LogP contribution in [0, 0.1) is 27.7 Å². The zero-order valence-corrected chi connectivity index (χ0v) is 20.7. The molecule has 0 radical (unpaired) electrons. The van der Waals surface area contributed by atoms with E-state index in [0.29, 0.717) is 19.3 Å². The third kappa shape index (κ3) is 5.43. The maximum absolute atomic E-state index is 11.1. The third-order valence-corrected chi connectivity index (χ3v) is 6.52. The second-order valence-electron chi connectivity index (χ2n) is 9.64. The van der Waals surface area contributed by atoms with E-state index in [9.17, 15) is 20.4 Å². The summed E-state index contributed by atoms with van der Waals surface area (Å²) in [5.41, 5.74) is 8.87. The highest BCUT2D eigenvalue weighted by Gasteiger charge is 2.15. The molecule has 4 heteroatoms. The van der Waals surface area contributed by atoms with Gasteiger partial charge in [-0.1, -0.05) is 59.7 Å². The summed E-state index contributed by atoms with van der Waals surface area (Å²) in [6.07, 6.45) is 1.50. The van der Waals surface area contributed by atoms with Crippen LogP contribution in [0.5, 0.6) is 23.0 Å². The molecule has 0 saturated heterocycles. The zero-order valence-electron chi connectivity index (χ0n) is 20.7. The molecular formula is C31H32O4. The smallest absolute Gasteiger partial charge is 0.122 e. The molecule has 4 N–H and O–H groups in total. The van der Waals surface area contributed by atoms with E-state index in [1.165, 1.54) is 0 Å². The first-order valence-electron chi connectivity index (χ1n) is 11.8. The molecule has 0 fully saturated rings. The normalized spacial score (nSPS) is 11.1. The average Bonchev–Trinajstić information content (AvgIpc) is 2.79. The fraction of sp³-hybridized carbons (Fsp3) is 0.226. The summed E-state index contributed by atoms with van der Waals surface area (Å²) in [6.45, 7) is 7.72. The summed E-state index contributed by atoms with van der Waals surface area (Å²) in [7, 11) is 0. The monoisotopic (exact) mass is 468 g/mol. The van der Waals surface area contributed by atoms with Gasteiger partial charge >= 0.3 is 0 Å². The molecule has 0 atom stereocenters. The Balaban J connectivity index is 1.65. The van der Waals surface area contributed by atoms with Gasteiger partial charge in [0.2, 0.25) is 0 Å². The number of hydrogen-bond acceptors (Lipinski definition) is 4. The molecule has 4 aromatic rings. The number of hydrogen-bond donors (Lipinski definition) is 4. The van der Waals surface area contributed by atoms with Crippen molar-refractivity contribution >= 4 is 0 Å². The Morgan fingerprint density at radius 1 is 0.457 bits per heavy atom. The van der Waals surface area contributed by atoms with E-state index < -0.39 is 0 Å². The minimum Gasteiger partial charge on any atom is -0.508 e. The van der Waals surface area contributed by atoms with Crippen molar-refractivity contribution in [1.82, 2.24) is 0 Å². The van der Waals surface area contributed by atoms with Crippen LogP contribution >= 0.6 is 0 Å². The van der Waals surface area contributed by atoms with Gasteiger partial charge in [-0.25, -0.2) is 0 Å². The van der Waals surface area contributed by atoms with Gasteiger partial charge in [-0.05, 0) is 84.3 Å². The van der Waals surface area contributed by atoms with E-state index in [1.54, 1.807) is 12.1 Å². The van der Waals surface area contributed by atoms with Crippen LogP contribution in [-0.2, 0) is 19.3 Å². The van der Waals surface area contributed by atoms with E-state index in [0.717, 1.165) is 55.6 Å². The van der Waals surface area contributed by atoms with Gasteiger partial charge < -0.3 is 20.4 Å². The molecule has 0 heterocycles. The van der Waals surface area contributed by atoms with Gasteiger partial charge in [0.05, 0.1) is 0 Å². The molecule has 0 aliphatic carbocycles. The summed E-state index contributed by atoms with van der Waals surface area (Å²) in [4.78, 5) is 0. The highest BCUT2D eigenvalue weighted by molar-refractivity contribution is 5.53. The fourth-order valence-electron chi connectivity index (χ4n) is 4.71. The molecule has 0 spiro atoms. The van der Waals surface area contributed by atoms with Crippen molar-refractivity contribution < 1.29 is 20.4 Å². The molecule has 4 aromatic carbocycles. The summed E-state index contributed by atoms with van der Waals surface area (Å²) in [5, 5.41) is 41.9. The molecule has 180 valence electrons. The molecule has 0 amide bonds. The number of benzene rings is 4. The van der Waals surface area contributed by atoms with Gasteiger partial charge in [-0.3, -0.25) is 0 Å². The molecular weight excluding hydrogens is 436 g/mol. The number of rotatable bonds is 6. The SMILES string of the molecule is Cc1cc(Cc2ccc(O)c(C)c2)c(O)c(Cc2cc(C)cc(Cc3ccc(O)c(C)c3)c2O)c1. The van der Waals surface area contributed by atoms with Gasteiger partial charge in [0, 0.05) is 19.3 Å². The van der Waals surface area contributed by atoms with E-state index in [2.05, 4.69) is 0 Å². The Kier molecular flexibility index (Phi) is 6.74. The van der Waals surface area contributed by atoms with Crippen molar-refractivity contribution in [2.45, 2.75) is 47.0 Å².